The van der Waals surface area contributed by atoms with Gasteiger partial charge in [-0.25, -0.2) is 0 Å². The minimum Gasteiger partial charge on any atom is -0.508 e. The standard InChI is InChI=1S/C26H22Cl2N2O5/c1-29-21(32)15-9-8-14-16(18(15)22(29)33)11-25(27)23(34)30(2)24(35)26(25,28)20(14)19-13-6-4-3-5-12(13)7-10-17(19)31/h3-8,10,15-16,18,20,31H,9,11H2,1-2H3. The van der Waals surface area contributed by atoms with E-state index >= 15 is 0 Å². The number of alkyl halides is 2. The molecule has 2 aromatic carbocycles. The number of aromatic hydroxyl groups is 1. The lowest BCUT2D eigenvalue weighted by Gasteiger charge is -2.51. The first-order valence-electron chi connectivity index (χ1n) is 11.5. The normalized spacial score (nSPS) is 36.4. The van der Waals surface area contributed by atoms with Crippen molar-refractivity contribution in [3.8, 4) is 5.75 Å². The summed E-state index contributed by atoms with van der Waals surface area (Å²) in [7, 11) is 2.80. The molecule has 0 bridgehead atoms. The molecule has 180 valence electrons. The minimum atomic E-state index is -1.92. The first kappa shape index (κ1) is 22.6. The van der Waals surface area contributed by atoms with Crippen LogP contribution in [0.2, 0.25) is 0 Å². The molecule has 1 saturated carbocycles. The van der Waals surface area contributed by atoms with Crippen molar-refractivity contribution in [2.75, 3.05) is 14.1 Å². The van der Waals surface area contributed by atoms with Gasteiger partial charge in [0, 0.05) is 25.6 Å². The van der Waals surface area contributed by atoms with Gasteiger partial charge < -0.3 is 5.11 Å². The maximum atomic E-state index is 13.6. The lowest BCUT2D eigenvalue weighted by molar-refractivity contribution is -0.140. The number of likely N-dealkylation sites (tertiary alicyclic amines) is 2. The van der Waals surface area contributed by atoms with Gasteiger partial charge in [0.1, 0.15) is 5.75 Å². The Morgan fingerprint density at radius 2 is 1.63 bits per heavy atom. The number of carbonyl (C=O) groups is 4. The number of imide groups is 2. The van der Waals surface area contributed by atoms with Crippen molar-refractivity contribution in [2.24, 2.45) is 17.8 Å². The molecule has 6 atom stereocenters. The van der Waals surface area contributed by atoms with Gasteiger partial charge in [0.05, 0.1) is 11.8 Å². The number of phenols is 1. The summed E-state index contributed by atoms with van der Waals surface area (Å²) in [5.41, 5.74) is 1.05. The fourth-order valence-electron chi connectivity index (χ4n) is 6.81. The predicted molar refractivity (Wildman–Crippen MR) is 129 cm³/mol. The molecule has 2 heterocycles. The molecule has 2 saturated heterocycles. The summed E-state index contributed by atoms with van der Waals surface area (Å²) in [6.45, 7) is 0. The van der Waals surface area contributed by atoms with Crippen LogP contribution in [0.1, 0.15) is 24.3 Å². The molecule has 0 spiro atoms. The first-order chi connectivity index (χ1) is 16.5. The minimum absolute atomic E-state index is 0.0607. The SMILES string of the molecule is CN1C(=O)C2CC=C3C(CC4(Cl)C(=O)N(C)C(=O)C4(Cl)C3c3c(O)ccc4ccccc34)C2C1=O. The van der Waals surface area contributed by atoms with E-state index in [0.717, 1.165) is 15.2 Å². The monoisotopic (exact) mass is 512 g/mol. The summed E-state index contributed by atoms with van der Waals surface area (Å²) in [6.07, 6.45) is 2.10. The molecule has 7 nitrogen and oxygen atoms in total. The van der Waals surface area contributed by atoms with Crippen LogP contribution in [-0.4, -0.2) is 62.4 Å². The van der Waals surface area contributed by atoms with Crippen LogP contribution in [0, 0.1) is 17.8 Å². The molecule has 6 rings (SSSR count). The van der Waals surface area contributed by atoms with Crippen molar-refractivity contribution >= 4 is 57.6 Å². The van der Waals surface area contributed by atoms with Crippen molar-refractivity contribution in [3.63, 3.8) is 0 Å². The van der Waals surface area contributed by atoms with Gasteiger partial charge in [-0.15, -0.1) is 23.2 Å². The number of hydrogen-bond donors (Lipinski definition) is 1. The third kappa shape index (κ3) is 2.53. The molecule has 0 aromatic heterocycles. The van der Waals surface area contributed by atoms with E-state index in [1.165, 1.54) is 20.2 Å². The number of carbonyl (C=O) groups excluding carboxylic acids is 4. The van der Waals surface area contributed by atoms with Crippen LogP contribution in [0.5, 0.6) is 5.75 Å². The number of amides is 4. The lowest BCUT2D eigenvalue weighted by Crippen LogP contribution is -2.60. The van der Waals surface area contributed by atoms with E-state index in [2.05, 4.69) is 0 Å². The summed E-state index contributed by atoms with van der Waals surface area (Å²) >= 11 is 14.3. The van der Waals surface area contributed by atoms with Gasteiger partial charge in [-0.2, -0.15) is 0 Å². The summed E-state index contributed by atoms with van der Waals surface area (Å²) in [4.78, 5) is 51.3. The zero-order chi connectivity index (χ0) is 25.0. The van der Waals surface area contributed by atoms with Crippen LogP contribution in [-0.2, 0) is 19.2 Å². The number of rotatable bonds is 1. The third-order valence-corrected chi connectivity index (χ3v) is 9.88. The average molecular weight is 513 g/mol. The molecular weight excluding hydrogens is 491 g/mol. The van der Waals surface area contributed by atoms with Crippen molar-refractivity contribution in [3.05, 3.63) is 53.6 Å². The highest BCUT2D eigenvalue weighted by atomic mass is 35.5. The highest BCUT2D eigenvalue weighted by molar-refractivity contribution is 6.53. The molecule has 2 aliphatic carbocycles. The molecule has 35 heavy (non-hydrogen) atoms. The average Bonchev–Trinajstić information content (AvgIpc) is 3.14. The fourth-order valence-corrected chi connectivity index (χ4v) is 7.81. The number of benzene rings is 2. The Balaban J connectivity index is 1.67. The van der Waals surface area contributed by atoms with E-state index in [1.807, 2.05) is 30.3 Å². The number of nitrogens with zero attached hydrogens (tertiary/aromatic N) is 2. The van der Waals surface area contributed by atoms with Crippen molar-refractivity contribution in [2.45, 2.75) is 28.5 Å². The highest BCUT2D eigenvalue weighted by Crippen LogP contribution is 2.66. The van der Waals surface area contributed by atoms with Crippen molar-refractivity contribution < 1.29 is 24.3 Å². The number of hydrogen-bond acceptors (Lipinski definition) is 5. The zero-order valence-electron chi connectivity index (χ0n) is 19.0. The molecule has 6 unspecified atom stereocenters. The van der Waals surface area contributed by atoms with E-state index in [1.54, 1.807) is 6.07 Å². The Labute approximate surface area is 211 Å². The van der Waals surface area contributed by atoms with Gasteiger partial charge in [-0.3, -0.25) is 29.0 Å². The Hall–Kier alpha value is -2.90. The third-order valence-electron chi connectivity index (χ3n) is 8.47. The van der Waals surface area contributed by atoms with Gasteiger partial charge in [-0.05, 0) is 35.6 Å². The summed E-state index contributed by atoms with van der Waals surface area (Å²) in [5, 5.41) is 12.6. The summed E-state index contributed by atoms with van der Waals surface area (Å²) < 4.78 is 0. The van der Waals surface area contributed by atoms with Gasteiger partial charge in [0.15, 0.2) is 9.75 Å². The summed E-state index contributed by atoms with van der Waals surface area (Å²) in [5.74, 6) is -4.82. The van der Waals surface area contributed by atoms with Crippen molar-refractivity contribution in [1.29, 1.82) is 0 Å². The molecule has 0 radical (unpaired) electrons. The van der Waals surface area contributed by atoms with E-state index in [4.69, 9.17) is 23.2 Å². The van der Waals surface area contributed by atoms with Crippen LogP contribution >= 0.6 is 23.2 Å². The van der Waals surface area contributed by atoms with Crippen LogP contribution in [0.3, 0.4) is 0 Å². The van der Waals surface area contributed by atoms with Gasteiger partial charge in [0.2, 0.25) is 11.8 Å². The van der Waals surface area contributed by atoms with E-state index < -0.39 is 45.2 Å². The number of fused-ring (bicyclic) bond motifs is 5. The van der Waals surface area contributed by atoms with E-state index in [0.29, 0.717) is 22.9 Å². The first-order valence-corrected chi connectivity index (χ1v) is 12.2. The Morgan fingerprint density at radius 1 is 0.914 bits per heavy atom. The van der Waals surface area contributed by atoms with Gasteiger partial charge in [0.25, 0.3) is 11.8 Å². The van der Waals surface area contributed by atoms with E-state index in [9.17, 15) is 24.3 Å². The Kier molecular flexibility index (Phi) is 4.56. The second-order valence-corrected chi connectivity index (χ2v) is 11.2. The molecule has 3 fully saturated rings. The lowest BCUT2D eigenvalue weighted by atomic mass is 9.56. The molecule has 2 aromatic rings. The van der Waals surface area contributed by atoms with Crippen LogP contribution in [0.25, 0.3) is 10.8 Å². The largest absolute Gasteiger partial charge is 0.508 e. The van der Waals surface area contributed by atoms with E-state index in [-0.39, 0.29) is 24.0 Å². The van der Waals surface area contributed by atoms with Gasteiger partial charge >= 0.3 is 0 Å². The van der Waals surface area contributed by atoms with Crippen LogP contribution in [0.4, 0.5) is 0 Å². The summed E-state index contributed by atoms with van der Waals surface area (Å²) in [6, 6.07) is 10.7. The molecule has 1 N–H and O–H groups in total. The maximum absolute atomic E-state index is 13.6. The molecular formula is C26H22Cl2N2O5. The molecule has 4 amide bonds. The van der Waals surface area contributed by atoms with Crippen LogP contribution in [0.15, 0.2) is 48.0 Å². The Morgan fingerprint density at radius 3 is 2.37 bits per heavy atom. The second-order valence-electron chi connectivity index (χ2n) is 9.95. The molecule has 9 heteroatoms. The van der Waals surface area contributed by atoms with Gasteiger partial charge in [-0.1, -0.05) is 42.0 Å². The van der Waals surface area contributed by atoms with Crippen molar-refractivity contribution in [1.82, 2.24) is 9.80 Å². The quantitative estimate of drug-likeness (QED) is 0.359. The smallest absolute Gasteiger partial charge is 0.253 e. The van der Waals surface area contributed by atoms with Crippen LogP contribution < -0.4 is 0 Å². The Bertz CT molecular complexity index is 1410. The number of halogens is 2. The molecule has 4 aliphatic rings. The highest BCUT2D eigenvalue weighted by Gasteiger charge is 2.76. The molecule has 2 aliphatic heterocycles. The number of phenolic OH excluding ortho intramolecular Hbond substituents is 1. The fraction of sp³-hybridized carbons (Fsp3) is 0.385. The maximum Gasteiger partial charge on any atom is 0.253 e. The topological polar surface area (TPSA) is 95.0 Å². The second kappa shape index (κ2) is 7.08. The number of allylic oxidation sites excluding steroid dienone is 2. The zero-order valence-corrected chi connectivity index (χ0v) is 20.5. The predicted octanol–water partition coefficient (Wildman–Crippen LogP) is 3.16.